The average molecular weight is 461 g/mol. The summed E-state index contributed by atoms with van der Waals surface area (Å²) < 4.78 is 23.9. The van der Waals surface area contributed by atoms with Crippen LogP contribution in [0.15, 0.2) is 60.8 Å². The third-order valence-corrected chi connectivity index (χ3v) is 6.22. The van der Waals surface area contributed by atoms with E-state index < -0.39 is 0 Å². The third-order valence-electron chi connectivity index (χ3n) is 6.22. The van der Waals surface area contributed by atoms with Gasteiger partial charge in [0.1, 0.15) is 11.6 Å². The minimum absolute atomic E-state index is 0.000409. The van der Waals surface area contributed by atoms with Gasteiger partial charge in [0.05, 0.1) is 5.56 Å². The number of aromatic nitrogens is 1. The number of pyridine rings is 1. The highest BCUT2D eigenvalue weighted by atomic mass is 19.1. The molecule has 0 aliphatic carbocycles. The zero-order valence-electron chi connectivity index (χ0n) is 18.5. The monoisotopic (exact) mass is 461 g/mol. The van der Waals surface area contributed by atoms with Crippen LogP contribution in [0.25, 0.3) is 0 Å². The first kappa shape index (κ1) is 21.9. The molecule has 34 heavy (non-hydrogen) atoms. The molecule has 174 valence electrons. The molecule has 2 aliphatic rings. The fourth-order valence-corrected chi connectivity index (χ4v) is 4.32. The summed E-state index contributed by atoms with van der Waals surface area (Å²) in [5.41, 5.74) is 1.98. The normalized spacial score (nSPS) is 15.3. The molecule has 0 atom stereocenters. The summed E-state index contributed by atoms with van der Waals surface area (Å²) >= 11 is 0. The van der Waals surface area contributed by atoms with Gasteiger partial charge >= 0.3 is 0 Å². The number of ether oxygens (including phenoxy) is 2. The maximum absolute atomic E-state index is 13.3. The second kappa shape index (κ2) is 9.51. The number of rotatable bonds is 6. The average Bonchev–Trinajstić information content (AvgIpc) is 3.35. The largest absolute Gasteiger partial charge is 0.454 e. The van der Waals surface area contributed by atoms with E-state index in [4.69, 9.17) is 9.47 Å². The predicted octanol–water partition coefficient (Wildman–Crippen LogP) is 4.30. The van der Waals surface area contributed by atoms with E-state index in [1.54, 1.807) is 23.2 Å². The number of fused-ring (bicyclic) bond motifs is 1. The predicted molar refractivity (Wildman–Crippen MR) is 123 cm³/mol. The molecule has 7 nitrogen and oxygen atoms in total. The van der Waals surface area contributed by atoms with Crippen LogP contribution >= 0.6 is 0 Å². The molecule has 2 aromatic carbocycles. The Bertz CT molecular complexity index is 1210. The maximum atomic E-state index is 13.3. The van der Waals surface area contributed by atoms with Gasteiger partial charge in [-0.1, -0.05) is 6.07 Å². The van der Waals surface area contributed by atoms with Crippen molar-refractivity contribution in [2.45, 2.75) is 19.4 Å². The van der Waals surface area contributed by atoms with E-state index in [-0.39, 0.29) is 30.2 Å². The van der Waals surface area contributed by atoms with Crippen molar-refractivity contribution in [1.29, 1.82) is 0 Å². The van der Waals surface area contributed by atoms with Gasteiger partial charge in [0.15, 0.2) is 17.3 Å². The molecule has 0 unspecified atom stereocenters. The van der Waals surface area contributed by atoms with Crippen LogP contribution in [-0.4, -0.2) is 41.5 Å². The molecule has 5 rings (SSSR count). The Kier molecular flexibility index (Phi) is 6.12. The molecular weight excluding hydrogens is 437 g/mol. The first-order valence-corrected chi connectivity index (χ1v) is 11.2. The molecule has 1 fully saturated rings. The van der Waals surface area contributed by atoms with Gasteiger partial charge in [-0.05, 0) is 66.9 Å². The first-order chi connectivity index (χ1) is 16.6. The van der Waals surface area contributed by atoms with Crippen LogP contribution in [0.2, 0.25) is 0 Å². The standard InChI is InChI=1S/C26H24FN3O4/c27-20-6-4-18(5-7-20)24(31)19-9-12-30(13-10-19)26(32)21-2-1-11-28-25(21)29-15-17-3-8-22-23(14-17)34-16-33-22/h1-8,11,14,19H,9-10,12-13,15-16H2,(H,28,29). The van der Waals surface area contributed by atoms with Crippen molar-refractivity contribution >= 4 is 17.5 Å². The van der Waals surface area contributed by atoms with Gasteiger partial charge in [0.25, 0.3) is 5.91 Å². The van der Waals surface area contributed by atoms with Crippen LogP contribution in [0.5, 0.6) is 11.5 Å². The number of nitrogens with one attached hydrogen (secondary N) is 1. The molecule has 0 saturated carbocycles. The second-order valence-electron chi connectivity index (χ2n) is 8.38. The van der Waals surface area contributed by atoms with Crippen molar-refractivity contribution in [3.8, 4) is 11.5 Å². The fraction of sp³-hybridized carbons (Fsp3) is 0.269. The number of ketones is 1. The number of carbonyl (C=O) groups excluding carboxylic acids is 2. The van der Waals surface area contributed by atoms with Crippen LogP contribution in [-0.2, 0) is 6.54 Å². The number of amides is 1. The van der Waals surface area contributed by atoms with Gasteiger partial charge in [-0.3, -0.25) is 9.59 Å². The number of piperidine rings is 1. The van der Waals surface area contributed by atoms with E-state index in [0.29, 0.717) is 55.2 Å². The number of carbonyl (C=O) groups is 2. The van der Waals surface area contributed by atoms with E-state index in [1.807, 2.05) is 18.2 Å². The molecule has 3 heterocycles. The van der Waals surface area contributed by atoms with Crippen LogP contribution < -0.4 is 14.8 Å². The molecule has 8 heteroatoms. The Morgan fingerprint density at radius 3 is 2.59 bits per heavy atom. The van der Waals surface area contributed by atoms with Gasteiger partial charge < -0.3 is 19.7 Å². The molecule has 0 radical (unpaired) electrons. The summed E-state index contributed by atoms with van der Waals surface area (Å²) in [6.07, 6.45) is 2.79. The molecule has 0 bridgehead atoms. The molecule has 1 saturated heterocycles. The van der Waals surface area contributed by atoms with Crippen molar-refractivity contribution in [3.63, 3.8) is 0 Å². The number of nitrogens with zero attached hydrogens (tertiary/aromatic N) is 2. The minimum atomic E-state index is -0.364. The highest BCUT2D eigenvalue weighted by molar-refractivity contribution is 6.00. The SMILES string of the molecule is O=C(c1ccc(F)cc1)C1CCN(C(=O)c2cccnc2NCc2ccc3c(c2)OCO3)CC1. The van der Waals surface area contributed by atoms with Crippen molar-refractivity contribution in [2.75, 3.05) is 25.2 Å². The van der Waals surface area contributed by atoms with Gasteiger partial charge in [0.2, 0.25) is 6.79 Å². The smallest absolute Gasteiger partial charge is 0.257 e. The molecule has 3 aromatic rings. The summed E-state index contributed by atoms with van der Waals surface area (Å²) in [5.74, 6) is 1.28. The lowest BCUT2D eigenvalue weighted by Crippen LogP contribution is -2.40. The van der Waals surface area contributed by atoms with Crippen molar-refractivity contribution in [1.82, 2.24) is 9.88 Å². The van der Waals surface area contributed by atoms with Crippen LogP contribution in [0, 0.1) is 11.7 Å². The summed E-state index contributed by atoms with van der Waals surface area (Å²) in [6, 6.07) is 14.8. The fourth-order valence-electron chi connectivity index (χ4n) is 4.32. The van der Waals surface area contributed by atoms with Crippen molar-refractivity contribution in [3.05, 3.63) is 83.3 Å². The highest BCUT2D eigenvalue weighted by Gasteiger charge is 2.29. The number of hydrogen-bond acceptors (Lipinski definition) is 6. The Balaban J connectivity index is 1.21. The van der Waals surface area contributed by atoms with Crippen LogP contribution in [0.4, 0.5) is 10.2 Å². The van der Waals surface area contributed by atoms with E-state index in [1.165, 1.54) is 24.3 Å². The first-order valence-electron chi connectivity index (χ1n) is 11.2. The number of likely N-dealkylation sites (tertiary alicyclic amines) is 1. The highest BCUT2D eigenvalue weighted by Crippen LogP contribution is 2.33. The number of Topliss-reactive ketones (excluding diaryl/α,β-unsaturated/α-hetero) is 1. The van der Waals surface area contributed by atoms with Gasteiger partial charge in [-0.15, -0.1) is 0 Å². The van der Waals surface area contributed by atoms with E-state index in [2.05, 4.69) is 10.3 Å². The van der Waals surface area contributed by atoms with E-state index >= 15 is 0 Å². The van der Waals surface area contributed by atoms with E-state index in [9.17, 15) is 14.0 Å². The topological polar surface area (TPSA) is 80.8 Å². The summed E-state index contributed by atoms with van der Waals surface area (Å²) in [5, 5.41) is 3.25. The Morgan fingerprint density at radius 1 is 1.03 bits per heavy atom. The summed E-state index contributed by atoms with van der Waals surface area (Å²) in [4.78, 5) is 32.1. The minimum Gasteiger partial charge on any atom is -0.454 e. The molecule has 1 N–H and O–H groups in total. The lowest BCUT2D eigenvalue weighted by Gasteiger charge is -2.31. The lowest BCUT2D eigenvalue weighted by atomic mass is 9.88. The number of halogens is 1. The van der Waals surface area contributed by atoms with Gasteiger partial charge in [-0.25, -0.2) is 9.37 Å². The van der Waals surface area contributed by atoms with Gasteiger partial charge in [0, 0.05) is 37.3 Å². The Morgan fingerprint density at radius 2 is 1.79 bits per heavy atom. The zero-order valence-corrected chi connectivity index (χ0v) is 18.5. The maximum Gasteiger partial charge on any atom is 0.257 e. The quantitative estimate of drug-likeness (QED) is 0.552. The van der Waals surface area contributed by atoms with Crippen LogP contribution in [0.1, 0.15) is 39.1 Å². The van der Waals surface area contributed by atoms with Crippen molar-refractivity contribution in [2.24, 2.45) is 5.92 Å². The number of hydrogen-bond donors (Lipinski definition) is 1. The summed E-state index contributed by atoms with van der Waals surface area (Å²) in [7, 11) is 0. The van der Waals surface area contributed by atoms with Crippen molar-refractivity contribution < 1.29 is 23.5 Å². The number of anilines is 1. The molecule has 0 spiro atoms. The third kappa shape index (κ3) is 4.57. The molecular formula is C26H24FN3O4. The molecule has 2 aliphatic heterocycles. The second-order valence-corrected chi connectivity index (χ2v) is 8.38. The van der Waals surface area contributed by atoms with Gasteiger partial charge in [-0.2, -0.15) is 0 Å². The molecule has 1 aromatic heterocycles. The Hall–Kier alpha value is -3.94. The van der Waals surface area contributed by atoms with E-state index in [0.717, 1.165) is 11.3 Å². The molecule has 1 amide bonds. The zero-order chi connectivity index (χ0) is 23.5. The van der Waals surface area contributed by atoms with Crippen LogP contribution in [0.3, 0.4) is 0 Å². The lowest BCUT2D eigenvalue weighted by molar-refractivity contribution is 0.0650. The number of benzene rings is 2. The summed E-state index contributed by atoms with van der Waals surface area (Å²) in [6.45, 7) is 1.65. The Labute approximate surface area is 196 Å².